The summed E-state index contributed by atoms with van der Waals surface area (Å²) in [4.78, 5) is 0. The molecule has 16 heavy (non-hydrogen) atoms. The Morgan fingerprint density at radius 2 is 1.12 bits per heavy atom. The number of hydrogen-bond donors (Lipinski definition) is 0. The van der Waals surface area contributed by atoms with Crippen LogP contribution in [0.1, 0.15) is 52.4 Å². The fourth-order valence-corrected chi connectivity index (χ4v) is 2.35. The van der Waals surface area contributed by atoms with E-state index in [9.17, 15) is 0 Å². The molecule has 0 amide bonds. The average molecular weight is 228 g/mol. The second-order valence-electron chi connectivity index (χ2n) is 5.04. The van der Waals surface area contributed by atoms with Crippen LogP contribution >= 0.6 is 0 Å². The SMILES string of the molecule is CCCOCC1CCC(COCCC)CC1. The van der Waals surface area contributed by atoms with Crippen molar-refractivity contribution in [3.8, 4) is 0 Å². The molecule has 0 saturated heterocycles. The molecule has 2 nitrogen and oxygen atoms in total. The summed E-state index contributed by atoms with van der Waals surface area (Å²) in [5, 5.41) is 0. The summed E-state index contributed by atoms with van der Waals surface area (Å²) in [5.74, 6) is 1.63. The van der Waals surface area contributed by atoms with Crippen molar-refractivity contribution in [2.45, 2.75) is 52.4 Å². The maximum absolute atomic E-state index is 5.62. The molecule has 0 bridgehead atoms. The molecule has 96 valence electrons. The standard InChI is InChI=1S/C14H28O2/c1-3-9-15-11-13-5-7-14(8-6-13)12-16-10-4-2/h13-14H,3-12H2,1-2H3. The van der Waals surface area contributed by atoms with Crippen molar-refractivity contribution >= 4 is 0 Å². The fourth-order valence-electron chi connectivity index (χ4n) is 2.35. The maximum atomic E-state index is 5.62. The van der Waals surface area contributed by atoms with Crippen LogP contribution in [0, 0.1) is 11.8 Å². The first-order valence-corrected chi connectivity index (χ1v) is 7.02. The lowest BCUT2D eigenvalue weighted by Gasteiger charge is -2.28. The van der Waals surface area contributed by atoms with E-state index in [2.05, 4.69) is 13.8 Å². The predicted molar refractivity (Wildman–Crippen MR) is 67.7 cm³/mol. The minimum Gasteiger partial charge on any atom is -0.381 e. The molecule has 0 aliphatic heterocycles. The van der Waals surface area contributed by atoms with Gasteiger partial charge in [0.1, 0.15) is 0 Å². The van der Waals surface area contributed by atoms with Gasteiger partial charge in [0.05, 0.1) is 0 Å². The molecule has 1 rings (SSSR count). The second-order valence-corrected chi connectivity index (χ2v) is 5.04. The minimum absolute atomic E-state index is 0.814. The van der Waals surface area contributed by atoms with Crippen molar-refractivity contribution in [2.24, 2.45) is 11.8 Å². The third-order valence-electron chi connectivity index (χ3n) is 3.37. The van der Waals surface area contributed by atoms with Gasteiger partial charge in [0.25, 0.3) is 0 Å². The lowest BCUT2D eigenvalue weighted by atomic mass is 9.83. The van der Waals surface area contributed by atoms with Gasteiger partial charge >= 0.3 is 0 Å². The summed E-state index contributed by atoms with van der Waals surface area (Å²) >= 11 is 0. The number of ether oxygens (including phenoxy) is 2. The lowest BCUT2D eigenvalue weighted by Crippen LogP contribution is -2.22. The quantitative estimate of drug-likeness (QED) is 0.590. The Labute approximate surface area is 101 Å². The smallest absolute Gasteiger partial charge is 0.0494 e. The van der Waals surface area contributed by atoms with Gasteiger partial charge in [0, 0.05) is 26.4 Å². The van der Waals surface area contributed by atoms with Crippen LogP contribution in [-0.4, -0.2) is 26.4 Å². The Balaban J connectivity index is 2.00. The van der Waals surface area contributed by atoms with Crippen LogP contribution in [0.3, 0.4) is 0 Å². The molecule has 0 spiro atoms. The minimum atomic E-state index is 0.814. The molecular weight excluding hydrogens is 200 g/mol. The Morgan fingerprint density at radius 3 is 1.44 bits per heavy atom. The Hall–Kier alpha value is -0.0800. The van der Waals surface area contributed by atoms with Crippen LogP contribution in [0.2, 0.25) is 0 Å². The van der Waals surface area contributed by atoms with Gasteiger partial charge in [0.2, 0.25) is 0 Å². The largest absolute Gasteiger partial charge is 0.381 e. The Morgan fingerprint density at radius 1 is 0.750 bits per heavy atom. The first-order chi connectivity index (χ1) is 7.86. The van der Waals surface area contributed by atoms with Gasteiger partial charge in [-0.25, -0.2) is 0 Å². The molecule has 0 heterocycles. The Bertz CT molecular complexity index is 133. The number of hydrogen-bond acceptors (Lipinski definition) is 2. The summed E-state index contributed by atoms with van der Waals surface area (Å²) < 4.78 is 11.2. The summed E-state index contributed by atoms with van der Waals surface area (Å²) in [6.07, 6.45) is 7.63. The first-order valence-electron chi connectivity index (χ1n) is 7.02. The topological polar surface area (TPSA) is 18.5 Å². The van der Waals surface area contributed by atoms with Gasteiger partial charge in [-0.3, -0.25) is 0 Å². The fraction of sp³-hybridized carbons (Fsp3) is 1.00. The van der Waals surface area contributed by atoms with E-state index in [-0.39, 0.29) is 0 Å². The lowest BCUT2D eigenvalue weighted by molar-refractivity contribution is 0.0502. The van der Waals surface area contributed by atoms with E-state index in [4.69, 9.17) is 9.47 Å². The molecule has 0 atom stereocenters. The molecule has 0 aromatic rings. The highest BCUT2D eigenvalue weighted by Crippen LogP contribution is 2.29. The van der Waals surface area contributed by atoms with E-state index in [0.717, 1.165) is 51.1 Å². The van der Waals surface area contributed by atoms with Crippen molar-refractivity contribution in [3.05, 3.63) is 0 Å². The summed E-state index contributed by atoms with van der Waals surface area (Å²) in [5.41, 5.74) is 0. The molecule has 0 N–H and O–H groups in total. The van der Waals surface area contributed by atoms with E-state index in [0.29, 0.717) is 0 Å². The zero-order chi connectivity index (χ0) is 11.6. The van der Waals surface area contributed by atoms with Gasteiger partial charge in [-0.2, -0.15) is 0 Å². The average Bonchev–Trinajstić information content (AvgIpc) is 2.32. The highest BCUT2D eigenvalue weighted by molar-refractivity contribution is 4.72. The molecular formula is C14H28O2. The number of rotatable bonds is 8. The highest BCUT2D eigenvalue weighted by atomic mass is 16.5. The molecule has 0 aromatic carbocycles. The second kappa shape index (κ2) is 9.00. The third kappa shape index (κ3) is 5.86. The van der Waals surface area contributed by atoms with E-state index < -0.39 is 0 Å². The van der Waals surface area contributed by atoms with Crippen LogP contribution in [0.25, 0.3) is 0 Å². The Kier molecular flexibility index (Phi) is 7.87. The van der Waals surface area contributed by atoms with Crippen molar-refractivity contribution in [1.29, 1.82) is 0 Å². The van der Waals surface area contributed by atoms with Crippen LogP contribution in [0.4, 0.5) is 0 Å². The molecule has 0 aromatic heterocycles. The zero-order valence-corrected chi connectivity index (χ0v) is 11.0. The van der Waals surface area contributed by atoms with Gasteiger partial charge in [-0.1, -0.05) is 13.8 Å². The normalized spacial score (nSPS) is 25.9. The van der Waals surface area contributed by atoms with Crippen LogP contribution in [0.5, 0.6) is 0 Å². The predicted octanol–water partition coefficient (Wildman–Crippen LogP) is 3.65. The summed E-state index contributed by atoms with van der Waals surface area (Å²) in [6.45, 7) is 8.16. The highest BCUT2D eigenvalue weighted by Gasteiger charge is 2.21. The molecule has 2 heteroatoms. The molecule has 1 aliphatic carbocycles. The maximum Gasteiger partial charge on any atom is 0.0494 e. The van der Waals surface area contributed by atoms with E-state index in [1.54, 1.807) is 0 Å². The molecule has 0 radical (unpaired) electrons. The monoisotopic (exact) mass is 228 g/mol. The molecule has 1 saturated carbocycles. The summed E-state index contributed by atoms with van der Waals surface area (Å²) in [6, 6.07) is 0. The van der Waals surface area contributed by atoms with Crippen molar-refractivity contribution < 1.29 is 9.47 Å². The first kappa shape index (κ1) is 14.0. The van der Waals surface area contributed by atoms with Gasteiger partial charge in [0.15, 0.2) is 0 Å². The van der Waals surface area contributed by atoms with Crippen molar-refractivity contribution in [3.63, 3.8) is 0 Å². The van der Waals surface area contributed by atoms with Gasteiger partial charge in [-0.15, -0.1) is 0 Å². The van der Waals surface area contributed by atoms with E-state index >= 15 is 0 Å². The zero-order valence-electron chi connectivity index (χ0n) is 11.0. The van der Waals surface area contributed by atoms with Crippen LogP contribution in [0.15, 0.2) is 0 Å². The van der Waals surface area contributed by atoms with Crippen LogP contribution in [-0.2, 0) is 9.47 Å². The molecule has 1 aliphatic rings. The van der Waals surface area contributed by atoms with Crippen molar-refractivity contribution in [2.75, 3.05) is 26.4 Å². The van der Waals surface area contributed by atoms with E-state index in [1.807, 2.05) is 0 Å². The van der Waals surface area contributed by atoms with E-state index in [1.165, 1.54) is 25.7 Å². The third-order valence-corrected chi connectivity index (χ3v) is 3.37. The van der Waals surface area contributed by atoms with Gasteiger partial charge < -0.3 is 9.47 Å². The molecule has 0 unspecified atom stereocenters. The summed E-state index contributed by atoms with van der Waals surface area (Å²) in [7, 11) is 0. The molecule has 1 fully saturated rings. The van der Waals surface area contributed by atoms with Crippen molar-refractivity contribution in [1.82, 2.24) is 0 Å². The van der Waals surface area contributed by atoms with Gasteiger partial charge in [-0.05, 0) is 50.4 Å². The van der Waals surface area contributed by atoms with Crippen LogP contribution < -0.4 is 0 Å².